The van der Waals surface area contributed by atoms with Gasteiger partial charge in [0.05, 0.1) is 12.1 Å². The molecule has 160 valence electrons. The van der Waals surface area contributed by atoms with Crippen LogP contribution in [0.5, 0.6) is 0 Å². The summed E-state index contributed by atoms with van der Waals surface area (Å²) in [4.78, 5) is 0. The van der Waals surface area contributed by atoms with Gasteiger partial charge in [-0.2, -0.15) is 0 Å². The number of benzene rings is 2. The molecule has 2 aromatic carbocycles. The van der Waals surface area contributed by atoms with Crippen molar-refractivity contribution < 1.29 is 0 Å². The highest BCUT2D eigenvalue weighted by Gasteiger charge is 2.26. The van der Waals surface area contributed by atoms with Gasteiger partial charge in [-0.1, -0.05) is 73.5 Å². The van der Waals surface area contributed by atoms with E-state index >= 15 is 0 Å². The van der Waals surface area contributed by atoms with Crippen LogP contribution < -0.4 is 21.3 Å². The van der Waals surface area contributed by atoms with Gasteiger partial charge in [0, 0.05) is 12.1 Å². The number of hydrogen-bond donors (Lipinski definition) is 4. The molecule has 2 aromatic rings. The van der Waals surface area contributed by atoms with Crippen LogP contribution in [-0.2, 0) is 0 Å². The number of thiocarbonyl (C=S) groups is 2. The molecule has 0 bridgehead atoms. The number of rotatable bonds is 6. The van der Waals surface area contributed by atoms with Crippen molar-refractivity contribution in [2.45, 2.75) is 63.7 Å². The van der Waals surface area contributed by atoms with E-state index in [1.54, 1.807) is 0 Å². The van der Waals surface area contributed by atoms with E-state index in [0.717, 1.165) is 12.8 Å². The third kappa shape index (κ3) is 6.67. The molecule has 0 radical (unpaired) electrons. The van der Waals surface area contributed by atoms with Gasteiger partial charge in [0.25, 0.3) is 0 Å². The van der Waals surface area contributed by atoms with E-state index in [4.69, 9.17) is 24.4 Å². The summed E-state index contributed by atoms with van der Waals surface area (Å²) in [6, 6.07) is 21.6. The fraction of sp³-hybridized carbons (Fsp3) is 0.417. The van der Waals surface area contributed by atoms with Gasteiger partial charge < -0.3 is 21.3 Å². The van der Waals surface area contributed by atoms with Crippen molar-refractivity contribution in [3.63, 3.8) is 0 Å². The Bertz CT molecular complexity index is 743. The van der Waals surface area contributed by atoms with Crippen LogP contribution >= 0.6 is 24.4 Å². The van der Waals surface area contributed by atoms with Crippen LogP contribution in [0.2, 0.25) is 0 Å². The third-order valence-electron chi connectivity index (χ3n) is 5.69. The van der Waals surface area contributed by atoms with Gasteiger partial charge in [-0.3, -0.25) is 0 Å². The maximum atomic E-state index is 5.61. The molecule has 1 saturated carbocycles. The zero-order valence-corrected chi connectivity index (χ0v) is 19.4. The Hall–Kier alpha value is -2.18. The Kier molecular flexibility index (Phi) is 8.46. The van der Waals surface area contributed by atoms with Gasteiger partial charge in [-0.25, -0.2) is 0 Å². The standard InChI is InChI=1S/C24H32N4S2/c1-17(19-11-5-3-6-12-19)25-23(29)27-21-15-9-10-16-22(21)28-24(30)26-18(2)20-13-7-4-8-14-20/h3-8,11-14,17-18,21-22H,9-10,15-16H2,1-2H3,(H2,25,27,29)(H2,26,28,30)/t17-,18-,21-,22-/m1/s1. The van der Waals surface area contributed by atoms with Crippen molar-refractivity contribution in [2.75, 3.05) is 0 Å². The Labute approximate surface area is 191 Å². The summed E-state index contributed by atoms with van der Waals surface area (Å²) in [7, 11) is 0. The second-order valence-electron chi connectivity index (χ2n) is 8.00. The van der Waals surface area contributed by atoms with Gasteiger partial charge in [-0.05, 0) is 62.3 Å². The van der Waals surface area contributed by atoms with Crippen molar-refractivity contribution in [1.82, 2.24) is 21.3 Å². The van der Waals surface area contributed by atoms with Crippen LogP contribution in [0, 0.1) is 0 Å². The highest BCUT2D eigenvalue weighted by atomic mass is 32.1. The SMILES string of the molecule is C[C@@H](NC(=S)N[C@@H]1CCCC[C@H]1NC(=S)N[C@H](C)c1ccccc1)c1ccccc1. The summed E-state index contributed by atoms with van der Waals surface area (Å²) < 4.78 is 0. The van der Waals surface area contributed by atoms with Crippen molar-refractivity contribution in [2.24, 2.45) is 0 Å². The molecule has 0 aliphatic heterocycles. The molecule has 4 nitrogen and oxygen atoms in total. The molecule has 3 rings (SSSR count). The van der Waals surface area contributed by atoms with Crippen LogP contribution in [0.1, 0.15) is 62.7 Å². The van der Waals surface area contributed by atoms with Crippen molar-refractivity contribution in [3.05, 3.63) is 71.8 Å². The molecular formula is C24H32N4S2. The quantitative estimate of drug-likeness (QED) is 0.487. The third-order valence-corrected chi connectivity index (χ3v) is 6.16. The summed E-state index contributed by atoms with van der Waals surface area (Å²) in [5.74, 6) is 0. The Morgan fingerprint density at radius 2 is 1.07 bits per heavy atom. The van der Waals surface area contributed by atoms with E-state index in [0.29, 0.717) is 10.2 Å². The van der Waals surface area contributed by atoms with Crippen LogP contribution in [0.25, 0.3) is 0 Å². The molecule has 6 heteroatoms. The lowest BCUT2D eigenvalue weighted by Crippen LogP contribution is -2.56. The highest BCUT2D eigenvalue weighted by Crippen LogP contribution is 2.19. The van der Waals surface area contributed by atoms with Crippen molar-refractivity contribution in [3.8, 4) is 0 Å². The van der Waals surface area contributed by atoms with Gasteiger partial charge >= 0.3 is 0 Å². The van der Waals surface area contributed by atoms with Crippen LogP contribution in [0.3, 0.4) is 0 Å². The van der Waals surface area contributed by atoms with Gasteiger partial charge in [-0.15, -0.1) is 0 Å². The smallest absolute Gasteiger partial charge is 0.167 e. The van der Waals surface area contributed by atoms with E-state index in [-0.39, 0.29) is 24.2 Å². The number of nitrogens with one attached hydrogen (secondary N) is 4. The predicted molar refractivity (Wildman–Crippen MR) is 133 cm³/mol. The molecule has 30 heavy (non-hydrogen) atoms. The van der Waals surface area contributed by atoms with Crippen LogP contribution in [0.4, 0.5) is 0 Å². The van der Waals surface area contributed by atoms with E-state index in [9.17, 15) is 0 Å². The molecule has 0 aromatic heterocycles. The highest BCUT2D eigenvalue weighted by molar-refractivity contribution is 7.80. The van der Waals surface area contributed by atoms with E-state index in [2.05, 4.69) is 83.6 Å². The lowest BCUT2D eigenvalue weighted by molar-refractivity contribution is 0.335. The predicted octanol–water partition coefficient (Wildman–Crippen LogP) is 4.75. The Morgan fingerprint density at radius 1 is 0.700 bits per heavy atom. The lowest BCUT2D eigenvalue weighted by atomic mass is 9.90. The van der Waals surface area contributed by atoms with Gasteiger partial charge in [0.1, 0.15) is 0 Å². The molecule has 0 amide bonds. The summed E-state index contributed by atoms with van der Waals surface area (Å²) >= 11 is 11.2. The molecule has 1 fully saturated rings. The fourth-order valence-corrected chi connectivity index (χ4v) is 4.60. The van der Waals surface area contributed by atoms with Gasteiger partial charge in [0.15, 0.2) is 10.2 Å². The monoisotopic (exact) mass is 440 g/mol. The summed E-state index contributed by atoms with van der Waals surface area (Å²) in [5, 5.41) is 15.3. The molecule has 0 heterocycles. The lowest BCUT2D eigenvalue weighted by Gasteiger charge is -2.35. The summed E-state index contributed by atoms with van der Waals surface area (Å²) in [6.45, 7) is 4.26. The first-order valence-corrected chi connectivity index (χ1v) is 11.6. The fourth-order valence-electron chi connectivity index (χ4n) is 3.94. The summed E-state index contributed by atoms with van der Waals surface area (Å²) in [5.41, 5.74) is 2.44. The first kappa shape index (κ1) is 22.5. The first-order chi connectivity index (χ1) is 14.5. The minimum atomic E-state index is 0.163. The maximum Gasteiger partial charge on any atom is 0.167 e. The van der Waals surface area contributed by atoms with Crippen LogP contribution in [0.15, 0.2) is 60.7 Å². The Morgan fingerprint density at radius 3 is 1.43 bits per heavy atom. The zero-order chi connectivity index (χ0) is 21.3. The molecule has 0 spiro atoms. The average molecular weight is 441 g/mol. The average Bonchev–Trinajstić information content (AvgIpc) is 2.76. The second-order valence-corrected chi connectivity index (χ2v) is 8.81. The first-order valence-electron chi connectivity index (χ1n) is 10.8. The minimum Gasteiger partial charge on any atom is -0.358 e. The van der Waals surface area contributed by atoms with E-state index < -0.39 is 0 Å². The Balaban J connectivity index is 1.51. The van der Waals surface area contributed by atoms with Crippen molar-refractivity contribution in [1.29, 1.82) is 0 Å². The minimum absolute atomic E-state index is 0.163. The summed E-state index contributed by atoms with van der Waals surface area (Å²) in [6.07, 6.45) is 4.56. The topological polar surface area (TPSA) is 48.1 Å². The van der Waals surface area contributed by atoms with E-state index in [1.807, 2.05) is 12.1 Å². The number of hydrogen-bond acceptors (Lipinski definition) is 2. The second kappa shape index (κ2) is 11.3. The maximum absolute atomic E-state index is 5.61. The normalized spacial score (nSPS) is 20.5. The largest absolute Gasteiger partial charge is 0.358 e. The molecule has 1 aliphatic carbocycles. The van der Waals surface area contributed by atoms with Crippen LogP contribution in [-0.4, -0.2) is 22.3 Å². The molecule has 4 N–H and O–H groups in total. The van der Waals surface area contributed by atoms with E-state index in [1.165, 1.54) is 24.0 Å². The molecular weight excluding hydrogens is 408 g/mol. The molecule has 4 atom stereocenters. The van der Waals surface area contributed by atoms with Crippen molar-refractivity contribution >= 4 is 34.7 Å². The zero-order valence-electron chi connectivity index (χ0n) is 17.7. The molecule has 1 aliphatic rings. The van der Waals surface area contributed by atoms with Gasteiger partial charge in [0.2, 0.25) is 0 Å². The molecule has 0 saturated heterocycles. The molecule has 0 unspecified atom stereocenters.